The summed E-state index contributed by atoms with van der Waals surface area (Å²) in [6.45, 7) is 2.89. The normalized spacial score (nSPS) is 12.5. The van der Waals surface area contributed by atoms with Crippen LogP contribution in [-0.4, -0.2) is 43.8 Å². The number of nitrogens with zero attached hydrogens (tertiary/aromatic N) is 1. The van der Waals surface area contributed by atoms with Crippen molar-refractivity contribution in [1.29, 1.82) is 0 Å². The highest BCUT2D eigenvalue weighted by molar-refractivity contribution is 5.86. The van der Waals surface area contributed by atoms with Gasteiger partial charge < -0.3 is 18.9 Å². The monoisotopic (exact) mass is 421 g/mol. The lowest BCUT2D eigenvalue weighted by Gasteiger charge is -2.13. The maximum Gasteiger partial charge on any atom is 0.510 e. The van der Waals surface area contributed by atoms with Gasteiger partial charge in [0.15, 0.2) is 0 Å². The van der Waals surface area contributed by atoms with Crippen molar-refractivity contribution in [2.75, 3.05) is 20.3 Å². The van der Waals surface area contributed by atoms with Crippen molar-refractivity contribution >= 4 is 22.9 Å². The summed E-state index contributed by atoms with van der Waals surface area (Å²) in [5.74, 6) is -0.116. The minimum absolute atomic E-state index is 0.0438. The van der Waals surface area contributed by atoms with E-state index in [9.17, 15) is 19.7 Å². The fourth-order valence-corrected chi connectivity index (χ4v) is 2.60. The molecule has 10 nitrogen and oxygen atoms in total. The smallest absolute Gasteiger partial charge is 0.497 e. The summed E-state index contributed by atoms with van der Waals surface area (Å²) in [4.78, 5) is 37.7. The highest BCUT2D eigenvalue weighted by Gasteiger charge is 2.18. The van der Waals surface area contributed by atoms with Gasteiger partial charge in [-0.3, -0.25) is 9.63 Å². The average Bonchev–Trinajstić information content (AvgIpc) is 2.71. The number of rotatable bonds is 10. The van der Waals surface area contributed by atoms with Crippen LogP contribution in [0.15, 0.2) is 36.4 Å². The van der Waals surface area contributed by atoms with Crippen LogP contribution in [0.25, 0.3) is 10.8 Å². The van der Waals surface area contributed by atoms with E-state index in [-0.39, 0.29) is 19.6 Å². The Hall–Kier alpha value is -3.56. The highest BCUT2D eigenvalue weighted by atomic mass is 17.0. The van der Waals surface area contributed by atoms with Crippen LogP contribution in [0.3, 0.4) is 0 Å². The number of carbonyl (C=O) groups excluding carboxylic acids is 2. The largest absolute Gasteiger partial charge is 0.510 e. The first kappa shape index (κ1) is 22.7. The van der Waals surface area contributed by atoms with E-state index in [1.165, 1.54) is 6.92 Å². The van der Waals surface area contributed by atoms with E-state index < -0.39 is 29.4 Å². The van der Waals surface area contributed by atoms with Crippen LogP contribution in [0.1, 0.15) is 31.7 Å². The number of esters is 1. The molecule has 2 rings (SSSR count). The van der Waals surface area contributed by atoms with Crippen molar-refractivity contribution in [3.05, 3.63) is 52.1 Å². The van der Waals surface area contributed by atoms with Gasteiger partial charge in [0, 0.05) is 6.42 Å². The average molecular weight is 421 g/mol. The zero-order valence-corrected chi connectivity index (χ0v) is 16.9. The minimum Gasteiger partial charge on any atom is -0.497 e. The Morgan fingerprint density at radius 3 is 2.40 bits per heavy atom. The lowest BCUT2D eigenvalue weighted by Crippen LogP contribution is -2.22. The first-order valence-corrected chi connectivity index (χ1v) is 9.19. The Morgan fingerprint density at radius 1 is 1.03 bits per heavy atom. The molecule has 30 heavy (non-hydrogen) atoms. The van der Waals surface area contributed by atoms with Crippen LogP contribution in [0.2, 0.25) is 0 Å². The van der Waals surface area contributed by atoms with Crippen molar-refractivity contribution in [2.45, 2.75) is 32.5 Å². The lowest BCUT2D eigenvalue weighted by atomic mass is 9.98. The van der Waals surface area contributed by atoms with E-state index >= 15 is 0 Å². The number of fused-ring (bicyclic) bond motifs is 1. The van der Waals surface area contributed by atoms with Gasteiger partial charge in [0.25, 0.3) is 5.09 Å². The van der Waals surface area contributed by atoms with E-state index in [0.717, 1.165) is 22.1 Å². The molecule has 10 heteroatoms. The fourth-order valence-electron chi connectivity index (χ4n) is 2.60. The van der Waals surface area contributed by atoms with E-state index in [0.29, 0.717) is 0 Å². The second-order valence-corrected chi connectivity index (χ2v) is 6.33. The van der Waals surface area contributed by atoms with Crippen LogP contribution in [0, 0.1) is 10.1 Å². The second-order valence-electron chi connectivity index (χ2n) is 6.33. The number of hydrogen-bond acceptors (Lipinski definition) is 9. The maximum atomic E-state index is 12.3. The Bertz CT molecular complexity index is 899. The van der Waals surface area contributed by atoms with Gasteiger partial charge in [-0.1, -0.05) is 24.3 Å². The summed E-state index contributed by atoms with van der Waals surface area (Å²) in [6.07, 6.45) is -2.25. The highest BCUT2D eigenvalue weighted by Crippen LogP contribution is 2.25. The quantitative estimate of drug-likeness (QED) is 0.186. The Labute approximate surface area is 172 Å². The third-order valence-electron chi connectivity index (χ3n) is 4.17. The molecule has 2 unspecified atom stereocenters. The number of benzene rings is 2. The molecule has 0 fully saturated rings. The Morgan fingerprint density at radius 2 is 1.70 bits per heavy atom. The van der Waals surface area contributed by atoms with E-state index in [1.54, 1.807) is 14.0 Å². The number of ether oxygens (including phenoxy) is 4. The van der Waals surface area contributed by atoms with Gasteiger partial charge in [-0.05, 0) is 42.3 Å². The Balaban J connectivity index is 1.75. The molecule has 0 amide bonds. The lowest BCUT2D eigenvalue weighted by molar-refractivity contribution is -0.777. The van der Waals surface area contributed by atoms with Crippen LogP contribution in [-0.2, 0) is 23.8 Å². The van der Waals surface area contributed by atoms with E-state index in [1.807, 2.05) is 36.4 Å². The van der Waals surface area contributed by atoms with Crippen molar-refractivity contribution < 1.29 is 38.5 Å². The third kappa shape index (κ3) is 6.80. The zero-order chi connectivity index (χ0) is 22.1. The predicted molar refractivity (Wildman–Crippen MR) is 104 cm³/mol. The molecule has 0 bridgehead atoms. The standard InChI is InChI=1S/C20H23NO9/c1-13(15-5-6-17-12-18(26-3)8-7-16(17)11-15)19(22)27-9-4-10-28-20(23)29-14(2)30-21(24)25/h5-8,11-14H,4,9-10H2,1-3H3. The summed E-state index contributed by atoms with van der Waals surface area (Å²) in [5.41, 5.74) is 0.817. The first-order valence-electron chi connectivity index (χ1n) is 9.19. The molecule has 2 atom stereocenters. The summed E-state index contributed by atoms with van der Waals surface area (Å²) in [7, 11) is 1.60. The predicted octanol–water partition coefficient (Wildman–Crippen LogP) is 3.59. The minimum atomic E-state index is -1.38. The van der Waals surface area contributed by atoms with Gasteiger partial charge in [0.2, 0.25) is 6.29 Å². The molecule has 0 spiro atoms. The second kappa shape index (κ2) is 10.8. The molecule has 0 saturated carbocycles. The molecular formula is C20H23NO9. The van der Waals surface area contributed by atoms with Crippen molar-refractivity contribution in [3.8, 4) is 5.75 Å². The van der Waals surface area contributed by atoms with Crippen LogP contribution in [0.5, 0.6) is 5.75 Å². The molecule has 0 N–H and O–H groups in total. The first-order chi connectivity index (χ1) is 14.3. The molecule has 0 aliphatic rings. The Kier molecular flexibility index (Phi) is 8.21. The number of hydrogen-bond donors (Lipinski definition) is 0. The number of carbonyl (C=O) groups is 2. The molecule has 162 valence electrons. The molecular weight excluding hydrogens is 398 g/mol. The van der Waals surface area contributed by atoms with E-state index in [2.05, 4.69) is 9.57 Å². The summed E-state index contributed by atoms with van der Waals surface area (Å²) >= 11 is 0. The van der Waals surface area contributed by atoms with Gasteiger partial charge in [-0.25, -0.2) is 4.79 Å². The van der Waals surface area contributed by atoms with Gasteiger partial charge in [-0.2, -0.15) is 0 Å². The zero-order valence-electron chi connectivity index (χ0n) is 16.9. The molecule has 0 aliphatic heterocycles. The molecule has 0 saturated heterocycles. The van der Waals surface area contributed by atoms with Gasteiger partial charge in [0.05, 0.1) is 26.2 Å². The molecule has 0 radical (unpaired) electrons. The van der Waals surface area contributed by atoms with Crippen LogP contribution >= 0.6 is 0 Å². The van der Waals surface area contributed by atoms with Crippen molar-refractivity contribution in [3.63, 3.8) is 0 Å². The van der Waals surface area contributed by atoms with Crippen LogP contribution in [0.4, 0.5) is 4.79 Å². The van der Waals surface area contributed by atoms with E-state index in [4.69, 9.17) is 14.2 Å². The number of methoxy groups -OCH3 is 1. The molecule has 2 aromatic rings. The topological polar surface area (TPSA) is 123 Å². The summed E-state index contributed by atoms with van der Waals surface area (Å²) in [5, 5.41) is 11.0. The van der Waals surface area contributed by atoms with Gasteiger partial charge in [0.1, 0.15) is 5.75 Å². The maximum absolute atomic E-state index is 12.3. The molecule has 0 aliphatic carbocycles. The van der Waals surface area contributed by atoms with Crippen LogP contribution < -0.4 is 4.74 Å². The third-order valence-corrected chi connectivity index (χ3v) is 4.17. The van der Waals surface area contributed by atoms with Crippen molar-refractivity contribution in [2.24, 2.45) is 0 Å². The fraction of sp³-hybridized carbons (Fsp3) is 0.400. The van der Waals surface area contributed by atoms with Crippen molar-refractivity contribution in [1.82, 2.24) is 0 Å². The summed E-state index contributed by atoms with van der Waals surface area (Å²) in [6, 6.07) is 11.4. The van der Waals surface area contributed by atoms with Gasteiger partial charge >= 0.3 is 12.1 Å². The molecule has 2 aromatic carbocycles. The molecule has 0 aromatic heterocycles. The SMILES string of the molecule is COc1ccc2cc(C(C)C(=O)OCCCOC(=O)OC(C)O[N+](=O)[O-])ccc2c1. The van der Waals surface area contributed by atoms with Gasteiger partial charge in [-0.15, -0.1) is 10.1 Å². The molecule has 0 heterocycles. The summed E-state index contributed by atoms with van der Waals surface area (Å²) < 4.78 is 19.6.